The molecule has 3 aromatic carbocycles. The van der Waals surface area contributed by atoms with E-state index in [9.17, 15) is 18.0 Å². The number of hydrogen-bond acceptors (Lipinski definition) is 5. The second-order valence-corrected chi connectivity index (χ2v) is 8.45. The Morgan fingerprint density at radius 2 is 1.38 bits per heavy atom. The van der Waals surface area contributed by atoms with Gasteiger partial charge in [-0.25, -0.2) is 13.2 Å². The number of ether oxygens (including phenoxy) is 1. The minimum Gasteiger partial charge on any atom is -0.423 e. The third-order valence-electron chi connectivity index (χ3n) is 4.36. The highest BCUT2D eigenvalue weighted by Crippen LogP contribution is 2.18. The molecule has 0 aliphatic carbocycles. The highest BCUT2D eigenvalue weighted by atomic mass is 32.2. The molecule has 0 bridgehead atoms. The predicted molar refractivity (Wildman–Crippen MR) is 110 cm³/mol. The minimum absolute atomic E-state index is 0.0175. The lowest BCUT2D eigenvalue weighted by atomic mass is 10.1. The van der Waals surface area contributed by atoms with Crippen LogP contribution in [0.5, 0.6) is 5.75 Å². The SMILES string of the molecule is CCC(=O)c1ccc(OC(=O)c2ccc(CS(=O)(=O)c3ccccc3)cc2)cc1. The molecule has 0 N–H and O–H groups in total. The average molecular weight is 408 g/mol. The molecule has 148 valence electrons. The summed E-state index contributed by atoms with van der Waals surface area (Å²) in [6.45, 7) is 1.78. The number of esters is 1. The zero-order valence-electron chi connectivity index (χ0n) is 15.9. The van der Waals surface area contributed by atoms with Gasteiger partial charge in [0.05, 0.1) is 16.2 Å². The van der Waals surface area contributed by atoms with E-state index >= 15 is 0 Å². The molecule has 6 heteroatoms. The van der Waals surface area contributed by atoms with Gasteiger partial charge in [0.15, 0.2) is 15.6 Å². The van der Waals surface area contributed by atoms with Crippen molar-refractivity contribution in [2.75, 3.05) is 0 Å². The first-order valence-electron chi connectivity index (χ1n) is 9.11. The summed E-state index contributed by atoms with van der Waals surface area (Å²) in [5, 5.41) is 0. The number of ketones is 1. The van der Waals surface area contributed by atoms with E-state index in [-0.39, 0.29) is 16.4 Å². The first kappa shape index (κ1) is 20.5. The molecule has 0 heterocycles. The molecule has 0 fully saturated rings. The van der Waals surface area contributed by atoms with E-state index in [0.29, 0.717) is 28.9 Å². The maximum Gasteiger partial charge on any atom is 0.343 e. The molecule has 0 amide bonds. The van der Waals surface area contributed by atoms with Crippen LogP contribution in [0.25, 0.3) is 0 Å². The number of sulfone groups is 1. The molecule has 0 atom stereocenters. The van der Waals surface area contributed by atoms with Crippen LogP contribution in [0.1, 0.15) is 39.6 Å². The number of rotatable bonds is 7. The Labute approximate surface area is 169 Å². The van der Waals surface area contributed by atoms with Gasteiger partial charge in [0.25, 0.3) is 0 Å². The van der Waals surface area contributed by atoms with Crippen molar-refractivity contribution in [1.29, 1.82) is 0 Å². The third-order valence-corrected chi connectivity index (χ3v) is 6.06. The van der Waals surface area contributed by atoms with Crippen LogP contribution in [0.15, 0.2) is 83.8 Å². The largest absolute Gasteiger partial charge is 0.423 e. The number of hydrogen-bond donors (Lipinski definition) is 0. The van der Waals surface area contributed by atoms with E-state index in [1.165, 1.54) is 12.1 Å². The second kappa shape index (κ2) is 8.84. The number of carbonyl (C=O) groups excluding carboxylic acids is 2. The zero-order valence-corrected chi connectivity index (χ0v) is 16.7. The minimum atomic E-state index is -3.45. The molecule has 0 spiro atoms. The van der Waals surface area contributed by atoms with Crippen molar-refractivity contribution in [3.63, 3.8) is 0 Å². The highest BCUT2D eigenvalue weighted by Gasteiger charge is 2.16. The topological polar surface area (TPSA) is 77.5 Å². The fourth-order valence-corrected chi connectivity index (χ4v) is 4.12. The maximum atomic E-state index is 12.4. The Hall–Kier alpha value is -3.25. The van der Waals surface area contributed by atoms with Crippen LogP contribution in [0.3, 0.4) is 0 Å². The lowest BCUT2D eigenvalue weighted by molar-refractivity contribution is 0.0734. The van der Waals surface area contributed by atoms with Gasteiger partial charge in [-0.2, -0.15) is 0 Å². The summed E-state index contributed by atoms with van der Waals surface area (Å²) in [7, 11) is -3.45. The van der Waals surface area contributed by atoms with Gasteiger partial charge in [-0.05, 0) is 54.1 Å². The van der Waals surface area contributed by atoms with Crippen molar-refractivity contribution in [3.8, 4) is 5.75 Å². The molecule has 0 aliphatic heterocycles. The van der Waals surface area contributed by atoms with Crippen molar-refractivity contribution in [1.82, 2.24) is 0 Å². The summed E-state index contributed by atoms with van der Waals surface area (Å²) < 4.78 is 30.2. The zero-order chi connectivity index (χ0) is 20.9. The van der Waals surface area contributed by atoms with E-state index in [1.54, 1.807) is 73.7 Å². The summed E-state index contributed by atoms with van der Waals surface area (Å²) in [5.41, 5.74) is 1.45. The number of Topliss-reactive ketones (excluding diaryl/α,β-unsaturated/α-hetero) is 1. The Bertz CT molecular complexity index is 1100. The first-order valence-corrected chi connectivity index (χ1v) is 10.8. The monoisotopic (exact) mass is 408 g/mol. The quantitative estimate of drug-likeness (QED) is 0.327. The Morgan fingerprint density at radius 1 is 0.793 bits per heavy atom. The molecule has 0 aromatic heterocycles. The average Bonchev–Trinajstić information content (AvgIpc) is 2.74. The van der Waals surface area contributed by atoms with Crippen molar-refractivity contribution in [2.24, 2.45) is 0 Å². The molecule has 0 radical (unpaired) electrons. The van der Waals surface area contributed by atoms with E-state index < -0.39 is 15.8 Å². The molecule has 5 nitrogen and oxygen atoms in total. The maximum absolute atomic E-state index is 12.4. The van der Waals surface area contributed by atoms with E-state index in [0.717, 1.165) is 0 Å². The van der Waals surface area contributed by atoms with Gasteiger partial charge in [0, 0.05) is 12.0 Å². The van der Waals surface area contributed by atoms with Crippen LogP contribution < -0.4 is 4.74 Å². The standard InChI is InChI=1S/C23H20O5S/c1-2-22(24)18-12-14-20(15-13-18)28-23(25)19-10-8-17(9-11-19)16-29(26,27)21-6-4-3-5-7-21/h3-15H,2,16H2,1H3. The molecule has 0 unspecified atom stereocenters. The van der Waals surface area contributed by atoms with Gasteiger partial charge in [-0.1, -0.05) is 37.3 Å². The summed E-state index contributed by atoms with van der Waals surface area (Å²) in [5.74, 6) is -0.362. The van der Waals surface area contributed by atoms with Crippen LogP contribution in [0, 0.1) is 0 Å². The number of carbonyl (C=O) groups is 2. The third kappa shape index (κ3) is 5.18. The Balaban J connectivity index is 1.66. The van der Waals surface area contributed by atoms with Crippen molar-refractivity contribution >= 4 is 21.6 Å². The van der Waals surface area contributed by atoms with Crippen LogP contribution in [-0.2, 0) is 15.6 Å². The Kier molecular flexibility index (Phi) is 6.24. The second-order valence-electron chi connectivity index (χ2n) is 6.46. The normalized spacial score (nSPS) is 11.1. The summed E-state index contributed by atoms with van der Waals surface area (Å²) in [6, 6.07) is 20.9. The van der Waals surface area contributed by atoms with Gasteiger partial charge in [-0.15, -0.1) is 0 Å². The van der Waals surface area contributed by atoms with Crippen molar-refractivity contribution in [3.05, 3.63) is 95.6 Å². The molecular formula is C23H20O5S. The van der Waals surface area contributed by atoms with E-state index in [2.05, 4.69) is 0 Å². The fraction of sp³-hybridized carbons (Fsp3) is 0.130. The van der Waals surface area contributed by atoms with Crippen LogP contribution in [-0.4, -0.2) is 20.2 Å². The van der Waals surface area contributed by atoms with Gasteiger partial charge in [0.2, 0.25) is 0 Å². The highest BCUT2D eigenvalue weighted by molar-refractivity contribution is 7.90. The lowest BCUT2D eigenvalue weighted by Gasteiger charge is -2.07. The smallest absolute Gasteiger partial charge is 0.343 e. The first-order chi connectivity index (χ1) is 13.9. The van der Waals surface area contributed by atoms with E-state index in [4.69, 9.17) is 4.74 Å². The molecule has 0 saturated heterocycles. The fourth-order valence-electron chi connectivity index (χ4n) is 2.75. The molecule has 29 heavy (non-hydrogen) atoms. The lowest BCUT2D eigenvalue weighted by Crippen LogP contribution is -2.09. The van der Waals surface area contributed by atoms with Crippen LogP contribution in [0.4, 0.5) is 0 Å². The van der Waals surface area contributed by atoms with Gasteiger partial charge in [0.1, 0.15) is 5.75 Å². The molecular weight excluding hydrogens is 388 g/mol. The summed E-state index contributed by atoms with van der Waals surface area (Å²) in [4.78, 5) is 24.2. The molecule has 3 rings (SSSR count). The van der Waals surface area contributed by atoms with Gasteiger partial charge >= 0.3 is 5.97 Å². The van der Waals surface area contributed by atoms with Crippen LogP contribution in [0.2, 0.25) is 0 Å². The van der Waals surface area contributed by atoms with Gasteiger partial charge in [-0.3, -0.25) is 4.79 Å². The summed E-state index contributed by atoms with van der Waals surface area (Å²) in [6.07, 6.45) is 0.408. The Morgan fingerprint density at radius 3 is 1.97 bits per heavy atom. The molecule has 3 aromatic rings. The predicted octanol–water partition coefficient (Wildman–Crippen LogP) is 4.47. The van der Waals surface area contributed by atoms with Crippen molar-refractivity contribution in [2.45, 2.75) is 24.0 Å². The van der Waals surface area contributed by atoms with Gasteiger partial charge < -0.3 is 4.74 Å². The molecule has 0 aliphatic rings. The van der Waals surface area contributed by atoms with Crippen molar-refractivity contribution < 1.29 is 22.7 Å². The molecule has 0 saturated carbocycles. The summed E-state index contributed by atoms with van der Waals surface area (Å²) >= 11 is 0. The van der Waals surface area contributed by atoms with Crippen LogP contribution >= 0.6 is 0 Å². The van der Waals surface area contributed by atoms with E-state index in [1.807, 2.05) is 0 Å². The number of benzene rings is 3.